The number of hydrogen-bond acceptors (Lipinski definition) is 7. The standard InChI is InChI=1S/C27H21N3O5S2/c28-18-8-7-9-19(16-18)37(33,34)29-21-11-2-1-10-20(21)27(32)35-17-26(31)30-22-12-3-5-14-24(22)36-25-15-6-4-13-23(25)30/h1-16,29H,17,28H2. The van der Waals surface area contributed by atoms with Crippen LogP contribution in [0.5, 0.6) is 0 Å². The first-order chi connectivity index (χ1) is 17.8. The van der Waals surface area contributed by atoms with Crippen LogP contribution >= 0.6 is 11.8 Å². The number of benzene rings is 4. The van der Waals surface area contributed by atoms with Crippen molar-refractivity contribution < 1.29 is 22.7 Å². The minimum Gasteiger partial charge on any atom is -0.452 e. The number of nitrogens with two attached hydrogens (primary N) is 1. The second kappa shape index (κ2) is 10.00. The number of ether oxygens (including phenoxy) is 1. The van der Waals surface area contributed by atoms with Gasteiger partial charge in [0.25, 0.3) is 15.9 Å². The van der Waals surface area contributed by atoms with Crippen molar-refractivity contribution in [1.29, 1.82) is 0 Å². The fraction of sp³-hybridized carbons (Fsp3) is 0.0370. The van der Waals surface area contributed by atoms with Gasteiger partial charge in [0.2, 0.25) is 0 Å². The third kappa shape index (κ3) is 5.02. The maximum Gasteiger partial charge on any atom is 0.340 e. The van der Waals surface area contributed by atoms with Crippen molar-refractivity contribution in [2.75, 3.05) is 22.0 Å². The van der Waals surface area contributed by atoms with Gasteiger partial charge in [-0.3, -0.25) is 14.4 Å². The molecule has 1 aliphatic heterocycles. The monoisotopic (exact) mass is 531 g/mol. The van der Waals surface area contributed by atoms with Gasteiger partial charge in [0.05, 0.1) is 27.5 Å². The molecule has 1 aliphatic rings. The van der Waals surface area contributed by atoms with E-state index in [1.807, 2.05) is 48.5 Å². The Bertz CT molecular complexity index is 1580. The summed E-state index contributed by atoms with van der Waals surface area (Å²) in [5.41, 5.74) is 7.38. The first kappa shape index (κ1) is 24.4. The Hall–Kier alpha value is -4.28. The van der Waals surface area contributed by atoms with E-state index >= 15 is 0 Å². The summed E-state index contributed by atoms with van der Waals surface area (Å²) in [7, 11) is -4.02. The van der Waals surface area contributed by atoms with E-state index in [1.54, 1.807) is 30.0 Å². The van der Waals surface area contributed by atoms with Crippen LogP contribution in [0.25, 0.3) is 0 Å². The Kier molecular flexibility index (Phi) is 6.60. The van der Waals surface area contributed by atoms with Gasteiger partial charge in [-0.2, -0.15) is 0 Å². The lowest BCUT2D eigenvalue weighted by molar-refractivity contribution is -0.121. The highest BCUT2D eigenvalue weighted by Gasteiger charge is 2.29. The van der Waals surface area contributed by atoms with Gasteiger partial charge >= 0.3 is 5.97 Å². The Morgan fingerprint density at radius 3 is 2.14 bits per heavy atom. The number of anilines is 4. The minimum absolute atomic E-state index is 0.0208. The number of carbonyl (C=O) groups is 2. The predicted octanol–water partition coefficient (Wildman–Crippen LogP) is 5.06. The molecule has 10 heteroatoms. The Morgan fingerprint density at radius 2 is 1.46 bits per heavy atom. The van der Waals surface area contributed by atoms with Gasteiger partial charge in [-0.15, -0.1) is 0 Å². The fourth-order valence-corrected chi connectivity index (χ4v) is 6.07. The number of hydrogen-bond donors (Lipinski definition) is 2. The zero-order chi connectivity index (χ0) is 26.0. The molecule has 8 nitrogen and oxygen atoms in total. The zero-order valence-electron chi connectivity index (χ0n) is 19.3. The molecule has 37 heavy (non-hydrogen) atoms. The van der Waals surface area contributed by atoms with Crippen molar-refractivity contribution in [3.63, 3.8) is 0 Å². The molecule has 0 unspecified atom stereocenters. The van der Waals surface area contributed by atoms with Crippen LogP contribution in [0.15, 0.2) is 112 Å². The average Bonchev–Trinajstić information content (AvgIpc) is 2.90. The Labute approximate surface area is 218 Å². The Morgan fingerprint density at radius 1 is 0.838 bits per heavy atom. The number of para-hydroxylation sites is 3. The van der Waals surface area contributed by atoms with E-state index in [0.29, 0.717) is 11.4 Å². The molecule has 4 aromatic rings. The summed E-state index contributed by atoms with van der Waals surface area (Å²) < 4.78 is 33.5. The lowest BCUT2D eigenvalue weighted by atomic mass is 10.2. The molecule has 1 amide bonds. The molecular weight excluding hydrogens is 510 g/mol. The Balaban J connectivity index is 1.36. The first-order valence-corrected chi connectivity index (χ1v) is 13.5. The summed E-state index contributed by atoms with van der Waals surface area (Å²) >= 11 is 1.56. The lowest BCUT2D eigenvalue weighted by Gasteiger charge is -2.30. The molecule has 0 aliphatic carbocycles. The van der Waals surface area contributed by atoms with Crippen LogP contribution in [0, 0.1) is 0 Å². The van der Waals surface area contributed by atoms with Crippen molar-refractivity contribution in [2.45, 2.75) is 14.7 Å². The van der Waals surface area contributed by atoms with Crippen LogP contribution in [0.2, 0.25) is 0 Å². The first-order valence-electron chi connectivity index (χ1n) is 11.2. The maximum atomic E-state index is 13.3. The number of carbonyl (C=O) groups excluding carboxylic acids is 2. The number of nitrogens with zero attached hydrogens (tertiary/aromatic N) is 1. The molecule has 0 bridgehead atoms. The quantitative estimate of drug-likeness (QED) is 0.264. The molecule has 0 saturated carbocycles. The van der Waals surface area contributed by atoms with Gasteiger partial charge in [0.1, 0.15) is 0 Å². The summed E-state index contributed by atoms with van der Waals surface area (Å²) in [6.45, 7) is -0.539. The van der Waals surface area contributed by atoms with E-state index in [1.165, 1.54) is 35.2 Å². The second-order valence-electron chi connectivity index (χ2n) is 8.07. The van der Waals surface area contributed by atoms with Gasteiger partial charge in [0, 0.05) is 15.5 Å². The van der Waals surface area contributed by atoms with Gasteiger partial charge in [0.15, 0.2) is 6.61 Å². The number of sulfonamides is 1. The van der Waals surface area contributed by atoms with Crippen molar-refractivity contribution in [1.82, 2.24) is 0 Å². The van der Waals surface area contributed by atoms with Crippen LogP contribution in [0.4, 0.5) is 22.7 Å². The topological polar surface area (TPSA) is 119 Å². The normalized spacial score (nSPS) is 12.3. The molecule has 1 heterocycles. The van der Waals surface area contributed by atoms with Crippen LogP contribution in [0.3, 0.4) is 0 Å². The smallest absolute Gasteiger partial charge is 0.340 e. The van der Waals surface area contributed by atoms with Crippen molar-refractivity contribution >= 4 is 56.4 Å². The third-order valence-electron chi connectivity index (χ3n) is 5.57. The lowest BCUT2D eigenvalue weighted by Crippen LogP contribution is -2.32. The largest absolute Gasteiger partial charge is 0.452 e. The van der Waals surface area contributed by atoms with E-state index in [0.717, 1.165) is 9.79 Å². The van der Waals surface area contributed by atoms with E-state index < -0.39 is 28.5 Å². The molecule has 0 atom stereocenters. The molecule has 0 spiro atoms. The van der Waals surface area contributed by atoms with Gasteiger partial charge in [-0.25, -0.2) is 13.2 Å². The molecule has 0 fully saturated rings. The van der Waals surface area contributed by atoms with E-state index in [2.05, 4.69) is 4.72 Å². The summed E-state index contributed by atoms with van der Waals surface area (Å²) in [5.74, 6) is -1.28. The molecule has 186 valence electrons. The van der Waals surface area contributed by atoms with E-state index in [4.69, 9.17) is 10.5 Å². The fourth-order valence-electron chi connectivity index (χ4n) is 3.88. The van der Waals surface area contributed by atoms with Crippen LogP contribution in [-0.2, 0) is 19.6 Å². The van der Waals surface area contributed by atoms with Crippen LogP contribution in [-0.4, -0.2) is 26.9 Å². The second-order valence-corrected chi connectivity index (χ2v) is 10.8. The number of esters is 1. The van der Waals surface area contributed by atoms with Crippen molar-refractivity contribution in [2.24, 2.45) is 0 Å². The van der Waals surface area contributed by atoms with Crippen LogP contribution in [0.1, 0.15) is 10.4 Å². The van der Waals surface area contributed by atoms with Crippen LogP contribution < -0.4 is 15.4 Å². The number of fused-ring (bicyclic) bond motifs is 2. The zero-order valence-corrected chi connectivity index (χ0v) is 21.0. The number of rotatable bonds is 6. The van der Waals surface area contributed by atoms with E-state index in [-0.39, 0.29) is 21.8 Å². The molecule has 0 aromatic heterocycles. The molecule has 0 saturated heterocycles. The number of nitrogens with one attached hydrogen (secondary N) is 1. The molecule has 3 N–H and O–H groups in total. The summed E-state index contributed by atoms with van der Waals surface area (Å²) in [6.07, 6.45) is 0. The average molecular weight is 532 g/mol. The highest BCUT2D eigenvalue weighted by Crippen LogP contribution is 2.47. The third-order valence-corrected chi connectivity index (χ3v) is 8.06. The summed E-state index contributed by atoms with van der Waals surface area (Å²) in [6, 6.07) is 26.8. The molecule has 4 aromatic carbocycles. The number of nitrogen functional groups attached to an aromatic ring is 1. The van der Waals surface area contributed by atoms with Crippen molar-refractivity contribution in [3.05, 3.63) is 103 Å². The van der Waals surface area contributed by atoms with E-state index in [9.17, 15) is 18.0 Å². The predicted molar refractivity (Wildman–Crippen MR) is 143 cm³/mol. The molecule has 0 radical (unpaired) electrons. The summed E-state index contributed by atoms with van der Waals surface area (Å²) in [5, 5.41) is 0. The number of amides is 1. The molecule has 5 rings (SSSR count). The van der Waals surface area contributed by atoms with Gasteiger partial charge < -0.3 is 10.5 Å². The van der Waals surface area contributed by atoms with Gasteiger partial charge in [-0.05, 0) is 54.6 Å². The summed E-state index contributed by atoms with van der Waals surface area (Å²) in [4.78, 5) is 29.6. The SMILES string of the molecule is Nc1cccc(S(=O)(=O)Nc2ccccc2C(=O)OCC(=O)N2c3ccccc3Sc3ccccc32)c1. The highest BCUT2D eigenvalue weighted by atomic mass is 32.2. The highest BCUT2D eigenvalue weighted by molar-refractivity contribution is 7.99. The molecular formula is C27H21N3O5S2. The minimum atomic E-state index is -4.02. The van der Waals surface area contributed by atoms with Crippen molar-refractivity contribution in [3.8, 4) is 0 Å². The maximum absolute atomic E-state index is 13.3. The van der Waals surface area contributed by atoms with Gasteiger partial charge in [-0.1, -0.05) is 54.2 Å².